The number of aromatic nitrogens is 2. The molecule has 0 aromatic carbocycles. The van der Waals surface area contributed by atoms with Crippen LogP contribution in [-0.2, 0) is 0 Å². The van der Waals surface area contributed by atoms with E-state index in [0.29, 0.717) is 16.8 Å². The van der Waals surface area contributed by atoms with Crippen LogP contribution in [0.3, 0.4) is 0 Å². The van der Waals surface area contributed by atoms with Crippen LogP contribution in [0.15, 0.2) is 16.7 Å². The second-order valence-corrected chi connectivity index (χ2v) is 5.11. The number of likely N-dealkylation sites (tertiary alicyclic amines) is 1. The number of nitrogens with one attached hydrogen (secondary N) is 1. The van der Waals surface area contributed by atoms with Crippen LogP contribution in [0.1, 0.15) is 12.8 Å². The van der Waals surface area contributed by atoms with Crippen molar-refractivity contribution in [3.8, 4) is 0 Å². The van der Waals surface area contributed by atoms with Gasteiger partial charge in [0.15, 0.2) is 16.6 Å². The van der Waals surface area contributed by atoms with Gasteiger partial charge in [-0.3, -0.25) is 0 Å². The molecule has 0 amide bonds. The van der Waals surface area contributed by atoms with Gasteiger partial charge in [0.25, 0.3) is 0 Å². The Hall–Kier alpha value is -1.33. The Balaban J connectivity index is 1.86. The normalized spacial score (nSPS) is 21.3. The number of piperidine rings is 1. The average Bonchev–Trinajstić information content (AvgIpc) is 2.83. The molecule has 18 heavy (non-hydrogen) atoms. The Labute approximate surface area is 110 Å². The van der Waals surface area contributed by atoms with Crippen LogP contribution in [0.2, 0.25) is 5.15 Å². The molecule has 5 nitrogen and oxygen atoms in total. The number of furan rings is 1. The van der Waals surface area contributed by atoms with Crippen molar-refractivity contribution < 1.29 is 4.42 Å². The molecule has 0 spiro atoms. The molecule has 0 bridgehead atoms. The minimum atomic E-state index is 0.307. The van der Waals surface area contributed by atoms with E-state index in [4.69, 9.17) is 16.0 Å². The van der Waals surface area contributed by atoms with E-state index in [2.05, 4.69) is 27.5 Å². The SMILES string of the molecule is CN1CCC[C@@H](Nc2nnc(Cl)c3occc23)C1. The Morgan fingerprint density at radius 1 is 1.50 bits per heavy atom. The monoisotopic (exact) mass is 266 g/mol. The van der Waals surface area contributed by atoms with Gasteiger partial charge in [-0.25, -0.2) is 0 Å². The molecule has 3 heterocycles. The lowest BCUT2D eigenvalue weighted by atomic mass is 10.1. The molecule has 0 aliphatic carbocycles. The summed E-state index contributed by atoms with van der Waals surface area (Å²) < 4.78 is 5.31. The van der Waals surface area contributed by atoms with Gasteiger partial charge in [0.2, 0.25) is 0 Å². The molecule has 0 saturated carbocycles. The molecule has 1 atom stereocenters. The summed E-state index contributed by atoms with van der Waals surface area (Å²) in [6.07, 6.45) is 3.95. The molecule has 1 aliphatic heterocycles. The average molecular weight is 267 g/mol. The van der Waals surface area contributed by atoms with Gasteiger partial charge in [0.05, 0.1) is 11.6 Å². The zero-order valence-corrected chi connectivity index (χ0v) is 10.9. The minimum Gasteiger partial charge on any atom is -0.461 e. The zero-order chi connectivity index (χ0) is 12.5. The Morgan fingerprint density at radius 2 is 2.39 bits per heavy atom. The van der Waals surface area contributed by atoms with Crippen LogP contribution in [0.4, 0.5) is 5.82 Å². The minimum absolute atomic E-state index is 0.307. The lowest BCUT2D eigenvalue weighted by molar-refractivity contribution is 0.261. The molecule has 2 aromatic rings. The lowest BCUT2D eigenvalue weighted by Crippen LogP contribution is -2.39. The van der Waals surface area contributed by atoms with Crippen LogP contribution in [0, 0.1) is 0 Å². The van der Waals surface area contributed by atoms with E-state index in [9.17, 15) is 0 Å². The van der Waals surface area contributed by atoms with Gasteiger partial charge in [0.1, 0.15) is 0 Å². The second-order valence-electron chi connectivity index (χ2n) is 4.75. The van der Waals surface area contributed by atoms with Gasteiger partial charge >= 0.3 is 0 Å². The smallest absolute Gasteiger partial charge is 0.195 e. The maximum absolute atomic E-state index is 5.93. The van der Waals surface area contributed by atoms with Gasteiger partial charge in [-0.15, -0.1) is 10.2 Å². The first-order valence-corrected chi connectivity index (χ1v) is 6.46. The quantitative estimate of drug-likeness (QED) is 0.904. The lowest BCUT2D eigenvalue weighted by Gasteiger charge is -2.30. The van der Waals surface area contributed by atoms with Gasteiger partial charge in [-0.05, 0) is 32.5 Å². The summed E-state index contributed by atoms with van der Waals surface area (Å²) in [6, 6.07) is 2.27. The molecular formula is C12H15ClN4O. The molecule has 1 N–H and O–H groups in total. The number of anilines is 1. The fraction of sp³-hybridized carbons (Fsp3) is 0.500. The largest absolute Gasteiger partial charge is 0.461 e. The first-order chi connectivity index (χ1) is 8.74. The van der Waals surface area contributed by atoms with Crippen molar-refractivity contribution >= 4 is 28.4 Å². The number of fused-ring (bicyclic) bond motifs is 1. The third kappa shape index (κ3) is 2.15. The van der Waals surface area contributed by atoms with Gasteiger partial charge in [-0.1, -0.05) is 11.6 Å². The molecule has 1 saturated heterocycles. The molecular weight excluding hydrogens is 252 g/mol. The number of likely N-dealkylation sites (N-methyl/N-ethyl adjacent to an activating group) is 1. The number of hydrogen-bond donors (Lipinski definition) is 1. The molecule has 6 heteroatoms. The van der Waals surface area contributed by atoms with E-state index in [-0.39, 0.29) is 0 Å². The highest BCUT2D eigenvalue weighted by molar-refractivity contribution is 6.33. The predicted molar refractivity (Wildman–Crippen MR) is 71.0 cm³/mol. The topological polar surface area (TPSA) is 54.2 Å². The summed E-state index contributed by atoms with van der Waals surface area (Å²) in [6.45, 7) is 2.18. The maximum atomic E-state index is 5.93. The first kappa shape index (κ1) is 11.7. The van der Waals surface area contributed by atoms with Crippen molar-refractivity contribution in [1.82, 2.24) is 15.1 Å². The van der Waals surface area contributed by atoms with Gasteiger partial charge < -0.3 is 14.6 Å². The maximum Gasteiger partial charge on any atom is 0.195 e. The summed E-state index contributed by atoms with van der Waals surface area (Å²) in [5, 5.41) is 12.7. The second kappa shape index (κ2) is 4.74. The molecule has 1 aliphatic rings. The number of hydrogen-bond acceptors (Lipinski definition) is 5. The third-order valence-electron chi connectivity index (χ3n) is 3.31. The molecule has 0 unspecified atom stereocenters. The van der Waals surface area contributed by atoms with Gasteiger partial charge in [0, 0.05) is 12.6 Å². The Kier molecular flexibility index (Phi) is 3.09. The predicted octanol–water partition coefficient (Wildman–Crippen LogP) is 2.38. The van der Waals surface area contributed by atoms with Crippen LogP contribution >= 0.6 is 11.6 Å². The highest BCUT2D eigenvalue weighted by Gasteiger charge is 2.19. The first-order valence-electron chi connectivity index (χ1n) is 6.08. The van der Waals surface area contributed by atoms with Crippen LogP contribution in [-0.4, -0.2) is 41.3 Å². The fourth-order valence-electron chi connectivity index (χ4n) is 2.43. The summed E-state index contributed by atoms with van der Waals surface area (Å²) in [4.78, 5) is 2.32. The van der Waals surface area contributed by atoms with Crippen molar-refractivity contribution in [2.45, 2.75) is 18.9 Å². The van der Waals surface area contributed by atoms with Crippen LogP contribution in [0.25, 0.3) is 11.0 Å². The van der Waals surface area contributed by atoms with Crippen molar-refractivity contribution in [3.05, 3.63) is 17.5 Å². The van der Waals surface area contributed by atoms with E-state index in [1.165, 1.54) is 6.42 Å². The number of nitrogens with zero attached hydrogens (tertiary/aromatic N) is 3. The Bertz CT molecular complexity index is 556. The van der Waals surface area contributed by atoms with Gasteiger partial charge in [-0.2, -0.15) is 0 Å². The molecule has 1 fully saturated rings. The molecule has 2 aromatic heterocycles. The molecule has 3 rings (SSSR count). The van der Waals surface area contributed by atoms with Crippen molar-refractivity contribution in [1.29, 1.82) is 0 Å². The molecule has 0 radical (unpaired) electrons. The van der Waals surface area contributed by atoms with E-state index in [1.807, 2.05) is 6.07 Å². The van der Waals surface area contributed by atoms with Crippen molar-refractivity contribution in [2.24, 2.45) is 0 Å². The van der Waals surface area contributed by atoms with E-state index >= 15 is 0 Å². The Morgan fingerprint density at radius 3 is 3.22 bits per heavy atom. The highest BCUT2D eigenvalue weighted by Crippen LogP contribution is 2.27. The van der Waals surface area contributed by atoms with E-state index in [0.717, 1.165) is 30.7 Å². The summed E-state index contributed by atoms with van der Waals surface area (Å²) in [7, 11) is 2.13. The third-order valence-corrected chi connectivity index (χ3v) is 3.56. The zero-order valence-electron chi connectivity index (χ0n) is 10.2. The molecule has 96 valence electrons. The highest BCUT2D eigenvalue weighted by atomic mass is 35.5. The summed E-state index contributed by atoms with van der Waals surface area (Å²) >= 11 is 5.93. The van der Waals surface area contributed by atoms with E-state index in [1.54, 1.807) is 6.26 Å². The summed E-state index contributed by atoms with van der Waals surface area (Å²) in [5.41, 5.74) is 0.596. The summed E-state index contributed by atoms with van der Waals surface area (Å²) in [5.74, 6) is 0.753. The number of rotatable bonds is 2. The van der Waals surface area contributed by atoms with Crippen LogP contribution < -0.4 is 5.32 Å². The van der Waals surface area contributed by atoms with Crippen molar-refractivity contribution in [2.75, 3.05) is 25.5 Å². The van der Waals surface area contributed by atoms with Crippen molar-refractivity contribution in [3.63, 3.8) is 0 Å². The standard InChI is InChI=1S/C12H15ClN4O/c1-17-5-2-3-8(7-17)14-12-9-4-6-18-10(9)11(13)15-16-12/h4,6,8H,2-3,5,7H2,1H3,(H,14,16)/t8-/m1/s1. The van der Waals surface area contributed by atoms with Crippen LogP contribution in [0.5, 0.6) is 0 Å². The number of halogens is 1. The fourth-order valence-corrected chi connectivity index (χ4v) is 2.62. The van der Waals surface area contributed by atoms with E-state index < -0.39 is 0 Å².